The molecule has 0 amide bonds. The first-order chi connectivity index (χ1) is 10.0. The topological polar surface area (TPSA) is 51.1 Å². The first-order valence-electron chi connectivity index (χ1n) is 6.64. The summed E-state index contributed by atoms with van der Waals surface area (Å²) in [6, 6.07) is 4.84. The summed E-state index contributed by atoms with van der Waals surface area (Å²) in [6.07, 6.45) is 0. The second-order valence-corrected chi connectivity index (χ2v) is 4.69. The van der Waals surface area contributed by atoms with Gasteiger partial charge in [0.25, 0.3) is 0 Å². The molecule has 0 fully saturated rings. The average molecular weight is 311 g/mol. The van der Waals surface area contributed by atoms with E-state index in [4.69, 9.17) is 16.3 Å². The Bertz CT molecular complexity index is 634. The van der Waals surface area contributed by atoms with E-state index in [1.807, 2.05) is 18.7 Å². The first kappa shape index (κ1) is 15.4. The summed E-state index contributed by atoms with van der Waals surface area (Å²) in [5.41, 5.74) is 0.483. The number of nitrogens with zero attached hydrogens (tertiary/aromatic N) is 4. The number of hydrogen-bond donors (Lipinski definition) is 0. The molecule has 0 bridgehead atoms. The molecule has 2 aromatic rings. The van der Waals surface area contributed by atoms with Crippen LogP contribution in [0.5, 0.6) is 11.8 Å². The highest BCUT2D eigenvalue weighted by Crippen LogP contribution is 2.25. The minimum atomic E-state index is -0.446. The van der Waals surface area contributed by atoms with E-state index in [9.17, 15) is 4.39 Å². The number of ether oxygens (including phenoxy) is 1. The smallest absolute Gasteiger partial charge is 0.328 e. The van der Waals surface area contributed by atoms with Crippen molar-refractivity contribution in [2.75, 3.05) is 18.0 Å². The SMILES string of the molecule is CCN(CC)c1nc(Cl)nc(Oc2cccc(C)c2F)n1. The van der Waals surface area contributed by atoms with E-state index in [-0.39, 0.29) is 17.0 Å². The molecule has 0 atom stereocenters. The van der Waals surface area contributed by atoms with Crippen LogP contribution >= 0.6 is 11.6 Å². The molecule has 1 aromatic heterocycles. The van der Waals surface area contributed by atoms with Gasteiger partial charge in [-0.2, -0.15) is 15.0 Å². The van der Waals surface area contributed by atoms with Crippen LogP contribution in [0, 0.1) is 12.7 Å². The second kappa shape index (κ2) is 6.67. The summed E-state index contributed by atoms with van der Waals surface area (Å²) in [6.45, 7) is 7.04. The van der Waals surface area contributed by atoms with Gasteiger partial charge in [-0.1, -0.05) is 12.1 Å². The molecule has 0 aliphatic rings. The van der Waals surface area contributed by atoms with Gasteiger partial charge in [0.1, 0.15) is 0 Å². The van der Waals surface area contributed by atoms with E-state index in [0.717, 1.165) is 13.1 Å². The van der Waals surface area contributed by atoms with Gasteiger partial charge in [0, 0.05) is 13.1 Å². The van der Waals surface area contributed by atoms with Gasteiger partial charge in [-0.25, -0.2) is 4.39 Å². The minimum absolute atomic E-state index is 0.00922. The maximum atomic E-state index is 13.9. The van der Waals surface area contributed by atoms with E-state index in [1.165, 1.54) is 6.07 Å². The van der Waals surface area contributed by atoms with E-state index < -0.39 is 5.82 Å². The summed E-state index contributed by atoms with van der Waals surface area (Å²) in [5.74, 6) is 0.0178. The third-order valence-electron chi connectivity index (χ3n) is 2.98. The lowest BCUT2D eigenvalue weighted by Crippen LogP contribution is -2.24. The summed E-state index contributed by atoms with van der Waals surface area (Å²) >= 11 is 5.88. The number of aromatic nitrogens is 3. The van der Waals surface area contributed by atoms with Crippen molar-refractivity contribution in [3.63, 3.8) is 0 Å². The number of hydrogen-bond acceptors (Lipinski definition) is 5. The van der Waals surface area contributed by atoms with Gasteiger partial charge in [0.15, 0.2) is 11.6 Å². The van der Waals surface area contributed by atoms with Gasteiger partial charge in [0.2, 0.25) is 11.2 Å². The lowest BCUT2D eigenvalue weighted by atomic mass is 10.2. The summed E-state index contributed by atoms with van der Waals surface area (Å²) in [5, 5.41) is 0.00922. The molecule has 0 saturated heterocycles. The molecule has 0 radical (unpaired) electrons. The third-order valence-corrected chi connectivity index (χ3v) is 3.15. The first-order valence-corrected chi connectivity index (χ1v) is 7.02. The number of benzene rings is 1. The van der Waals surface area contributed by atoms with Crippen LogP contribution in [-0.2, 0) is 0 Å². The monoisotopic (exact) mass is 310 g/mol. The van der Waals surface area contributed by atoms with Crippen molar-refractivity contribution in [1.82, 2.24) is 15.0 Å². The van der Waals surface area contributed by atoms with Crippen molar-refractivity contribution in [1.29, 1.82) is 0 Å². The van der Waals surface area contributed by atoms with Crippen LogP contribution in [0.4, 0.5) is 10.3 Å². The largest absolute Gasteiger partial charge is 0.421 e. The standard InChI is InChI=1S/C14H16ClFN4O/c1-4-20(5-2)13-17-12(15)18-14(19-13)21-10-8-6-7-9(3)11(10)16/h6-8H,4-5H2,1-3H3. The van der Waals surface area contributed by atoms with Gasteiger partial charge >= 0.3 is 6.01 Å². The fraction of sp³-hybridized carbons (Fsp3) is 0.357. The molecule has 0 aliphatic carbocycles. The predicted octanol–water partition coefficient (Wildman–Crippen LogP) is 3.61. The Hall–Kier alpha value is -1.95. The van der Waals surface area contributed by atoms with Crippen molar-refractivity contribution >= 4 is 17.5 Å². The highest BCUT2D eigenvalue weighted by atomic mass is 35.5. The average Bonchev–Trinajstić information content (AvgIpc) is 2.45. The van der Waals surface area contributed by atoms with Crippen LogP contribution in [-0.4, -0.2) is 28.0 Å². The van der Waals surface area contributed by atoms with Gasteiger partial charge in [-0.3, -0.25) is 0 Å². The van der Waals surface area contributed by atoms with Crippen molar-refractivity contribution in [3.05, 3.63) is 34.9 Å². The highest BCUT2D eigenvalue weighted by molar-refractivity contribution is 6.28. The molecule has 0 N–H and O–H groups in total. The third kappa shape index (κ3) is 3.58. The van der Waals surface area contributed by atoms with Gasteiger partial charge in [-0.05, 0) is 44.0 Å². The highest BCUT2D eigenvalue weighted by Gasteiger charge is 2.14. The number of aryl methyl sites for hydroxylation is 1. The second-order valence-electron chi connectivity index (χ2n) is 4.35. The molecule has 21 heavy (non-hydrogen) atoms. The molecule has 0 spiro atoms. The predicted molar refractivity (Wildman–Crippen MR) is 79.6 cm³/mol. The summed E-state index contributed by atoms with van der Waals surface area (Å²) < 4.78 is 19.3. The summed E-state index contributed by atoms with van der Waals surface area (Å²) in [7, 11) is 0. The van der Waals surface area contributed by atoms with Crippen LogP contribution in [0.1, 0.15) is 19.4 Å². The van der Waals surface area contributed by atoms with Crippen LogP contribution < -0.4 is 9.64 Å². The zero-order chi connectivity index (χ0) is 15.4. The fourth-order valence-corrected chi connectivity index (χ4v) is 1.96. The Morgan fingerprint density at radius 3 is 2.57 bits per heavy atom. The van der Waals surface area contributed by atoms with Gasteiger partial charge < -0.3 is 9.64 Å². The zero-order valence-corrected chi connectivity index (χ0v) is 12.9. The van der Waals surface area contributed by atoms with E-state index in [1.54, 1.807) is 19.1 Å². The Labute approximate surface area is 127 Å². The Morgan fingerprint density at radius 2 is 1.90 bits per heavy atom. The molecule has 7 heteroatoms. The maximum Gasteiger partial charge on any atom is 0.328 e. The van der Waals surface area contributed by atoms with E-state index in [0.29, 0.717) is 11.5 Å². The molecule has 0 unspecified atom stereocenters. The zero-order valence-electron chi connectivity index (χ0n) is 12.1. The van der Waals surface area contributed by atoms with Crippen molar-refractivity contribution in [2.45, 2.75) is 20.8 Å². The van der Waals surface area contributed by atoms with Gasteiger partial charge in [-0.15, -0.1) is 0 Å². The Morgan fingerprint density at radius 1 is 1.19 bits per heavy atom. The molecule has 1 heterocycles. The Kier molecular flexibility index (Phi) is 4.90. The molecule has 0 saturated carbocycles. The van der Waals surface area contributed by atoms with Crippen molar-refractivity contribution < 1.29 is 9.13 Å². The van der Waals surface area contributed by atoms with Crippen LogP contribution in [0.15, 0.2) is 18.2 Å². The summed E-state index contributed by atoms with van der Waals surface area (Å²) in [4.78, 5) is 14.0. The van der Waals surface area contributed by atoms with Crippen LogP contribution in [0.25, 0.3) is 0 Å². The van der Waals surface area contributed by atoms with E-state index >= 15 is 0 Å². The molecule has 1 aromatic carbocycles. The number of rotatable bonds is 5. The lowest BCUT2D eigenvalue weighted by Gasteiger charge is -2.18. The van der Waals surface area contributed by atoms with E-state index in [2.05, 4.69) is 15.0 Å². The Balaban J connectivity index is 2.34. The molecule has 0 aliphatic heterocycles. The number of anilines is 1. The maximum absolute atomic E-state index is 13.9. The molecule has 2 rings (SSSR count). The fourth-order valence-electron chi connectivity index (χ4n) is 1.81. The minimum Gasteiger partial charge on any atom is -0.421 e. The van der Waals surface area contributed by atoms with Crippen LogP contribution in [0.2, 0.25) is 5.28 Å². The van der Waals surface area contributed by atoms with Gasteiger partial charge in [0.05, 0.1) is 0 Å². The normalized spacial score (nSPS) is 10.5. The van der Waals surface area contributed by atoms with Crippen LogP contribution in [0.3, 0.4) is 0 Å². The molecular weight excluding hydrogens is 295 g/mol. The van der Waals surface area contributed by atoms with Crippen molar-refractivity contribution in [3.8, 4) is 11.8 Å². The molecule has 112 valence electrons. The van der Waals surface area contributed by atoms with Crippen molar-refractivity contribution in [2.24, 2.45) is 0 Å². The molecular formula is C14H16ClFN4O. The molecule has 5 nitrogen and oxygen atoms in total. The quantitative estimate of drug-likeness (QED) is 0.844. The number of halogens is 2. The lowest BCUT2D eigenvalue weighted by molar-refractivity contribution is 0.407.